The van der Waals surface area contributed by atoms with Crippen LogP contribution in [0.1, 0.15) is 62.6 Å². The van der Waals surface area contributed by atoms with E-state index in [0.29, 0.717) is 49.2 Å². The molecule has 0 unspecified atom stereocenters. The second-order valence-corrected chi connectivity index (χ2v) is 10.4. The molecular weight excluding hydrogens is 446 g/mol. The van der Waals surface area contributed by atoms with Gasteiger partial charge in [0.1, 0.15) is 11.4 Å². The van der Waals surface area contributed by atoms with Gasteiger partial charge in [-0.3, -0.25) is 19.1 Å². The number of nitrogens with one attached hydrogen (secondary N) is 1. The van der Waals surface area contributed by atoms with Gasteiger partial charge in [-0.1, -0.05) is 12.8 Å². The van der Waals surface area contributed by atoms with Gasteiger partial charge in [0.25, 0.3) is 11.5 Å². The van der Waals surface area contributed by atoms with E-state index in [2.05, 4.69) is 10.2 Å². The predicted octanol–water partition coefficient (Wildman–Crippen LogP) is 2.80. The van der Waals surface area contributed by atoms with Gasteiger partial charge < -0.3 is 15.0 Å². The number of ether oxygens (including phenoxy) is 1. The van der Waals surface area contributed by atoms with Crippen molar-refractivity contribution >= 4 is 22.9 Å². The fourth-order valence-electron chi connectivity index (χ4n) is 4.65. The summed E-state index contributed by atoms with van der Waals surface area (Å²) in [5.74, 6) is 0.651. The highest BCUT2D eigenvalue weighted by Gasteiger charge is 2.25. The fraction of sp³-hybridized carbons (Fsp3) is 0.615. The van der Waals surface area contributed by atoms with Gasteiger partial charge in [0.2, 0.25) is 0 Å². The maximum Gasteiger partial charge on any atom is 0.410 e. The van der Waals surface area contributed by atoms with Gasteiger partial charge in [-0.2, -0.15) is 0 Å². The van der Waals surface area contributed by atoms with Crippen molar-refractivity contribution in [2.75, 3.05) is 39.3 Å². The summed E-state index contributed by atoms with van der Waals surface area (Å²) in [4.78, 5) is 46.7. The lowest BCUT2D eigenvalue weighted by atomic mass is 10.1. The molecule has 1 saturated heterocycles. The van der Waals surface area contributed by atoms with Crippen LogP contribution in [0, 0.1) is 0 Å². The van der Waals surface area contributed by atoms with Gasteiger partial charge >= 0.3 is 6.09 Å². The number of piperazine rings is 1. The topological polar surface area (TPSA) is 96.8 Å². The van der Waals surface area contributed by atoms with E-state index < -0.39 is 5.60 Å². The van der Waals surface area contributed by atoms with Gasteiger partial charge in [-0.05, 0) is 51.8 Å². The minimum absolute atomic E-state index is 0.00983. The van der Waals surface area contributed by atoms with Crippen LogP contribution in [0.3, 0.4) is 0 Å². The molecule has 0 aliphatic carbocycles. The van der Waals surface area contributed by atoms with Crippen LogP contribution >= 0.6 is 0 Å². The molecule has 9 heteroatoms. The number of benzene rings is 1. The number of nitrogens with zero attached hydrogens (tertiary/aromatic N) is 4. The molecule has 0 saturated carbocycles. The third kappa shape index (κ3) is 6.39. The Morgan fingerprint density at radius 3 is 2.51 bits per heavy atom. The molecule has 0 atom stereocenters. The number of carbonyl (C=O) groups is 2. The summed E-state index contributed by atoms with van der Waals surface area (Å²) in [6, 6.07) is 5.16. The second kappa shape index (κ2) is 10.8. The summed E-state index contributed by atoms with van der Waals surface area (Å²) in [6.07, 6.45) is 4.85. The molecule has 3 heterocycles. The number of fused-ring (bicyclic) bond motifs is 2. The number of rotatable bonds is 4. The Bertz CT molecular complexity index is 1130. The summed E-state index contributed by atoms with van der Waals surface area (Å²) in [6.45, 7) is 10.2. The van der Waals surface area contributed by atoms with Gasteiger partial charge in [0, 0.05) is 57.8 Å². The van der Waals surface area contributed by atoms with Crippen molar-refractivity contribution in [1.29, 1.82) is 0 Å². The van der Waals surface area contributed by atoms with Crippen LogP contribution in [0.4, 0.5) is 4.79 Å². The van der Waals surface area contributed by atoms with E-state index in [1.165, 1.54) is 0 Å². The Balaban J connectivity index is 1.31. The maximum absolute atomic E-state index is 13.0. The average molecular weight is 484 g/mol. The smallest absolute Gasteiger partial charge is 0.410 e. The molecule has 0 radical (unpaired) electrons. The minimum atomic E-state index is -0.497. The normalized spacial score (nSPS) is 17.4. The van der Waals surface area contributed by atoms with Crippen molar-refractivity contribution in [2.24, 2.45) is 0 Å². The third-order valence-electron chi connectivity index (χ3n) is 6.57. The van der Waals surface area contributed by atoms with Gasteiger partial charge in [0.05, 0.1) is 10.9 Å². The monoisotopic (exact) mass is 483 g/mol. The first-order valence-electron chi connectivity index (χ1n) is 12.7. The zero-order chi connectivity index (χ0) is 25.0. The molecule has 1 aromatic carbocycles. The van der Waals surface area contributed by atoms with Crippen molar-refractivity contribution in [3.05, 3.63) is 39.9 Å². The molecule has 190 valence electrons. The van der Waals surface area contributed by atoms with Crippen molar-refractivity contribution in [2.45, 2.75) is 65.0 Å². The zero-order valence-electron chi connectivity index (χ0n) is 21.1. The SMILES string of the molecule is CC(C)(C)OC(=O)N1CCN(CCNC(=O)c2ccc3c(=O)n4c(nc3c2)CCCCCC4)CC1. The van der Waals surface area contributed by atoms with E-state index in [1.807, 2.05) is 25.3 Å². The first kappa shape index (κ1) is 25.2. The Kier molecular flexibility index (Phi) is 7.74. The zero-order valence-corrected chi connectivity index (χ0v) is 21.1. The van der Waals surface area contributed by atoms with Crippen molar-refractivity contribution < 1.29 is 14.3 Å². The van der Waals surface area contributed by atoms with E-state index in [4.69, 9.17) is 9.72 Å². The third-order valence-corrected chi connectivity index (χ3v) is 6.57. The molecule has 9 nitrogen and oxygen atoms in total. The van der Waals surface area contributed by atoms with Crippen molar-refractivity contribution in [1.82, 2.24) is 24.7 Å². The van der Waals surface area contributed by atoms with Crippen LogP contribution in [-0.4, -0.2) is 76.2 Å². The summed E-state index contributed by atoms with van der Waals surface area (Å²) in [5, 5.41) is 3.54. The minimum Gasteiger partial charge on any atom is -0.444 e. The first-order valence-corrected chi connectivity index (χ1v) is 12.7. The van der Waals surface area contributed by atoms with Gasteiger partial charge in [-0.15, -0.1) is 0 Å². The average Bonchev–Trinajstić information content (AvgIpc) is 2.79. The lowest BCUT2D eigenvalue weighted by Gasteiger charge is -2.35. The van der Waals surface area contributed by atoms with Crippen molar-refractivity contribution in [3.8, 4) is 0 Å². The molecular formula is C26H37N5O4. The van der Waals surface area contributed by atoms with E-state index >= 15 is 0 Å². The fourth-order valence-corrected chi connectivity index (χ4v) is 4.65. The highest BCUT2D eigenvalue weighted by molar-refractivity contribution is 5.97. The quantitative estimate of drug-likeness (QED) is 0.718. The van der Waals surface area contributed by atoms with Crippen LogP contribution in [0.15, 0.2) is 23.0 Å². The standard InChI is InChI=1S/C26H37N5O4/c1-26(2,3)35-25(34)30-16-14-29(15-17-30)13-11-27-23(32)19-9-10-20-21(18-19)28-22-8-6-4-5-7-12-31(22)24(20)33/h9-10,18H,4-8,11-17H2,1-3H3,(H,27,32). The Morgan fingerprint density at radius 1 is 1.03 bits per heavy atom. The second-order valence-electron chi connectivity index (χ2n) is 10.4. The molecule has 2 amide bonds. The predicted molar refractivity (Wildman–Crippen MR) is 135 cm³/mol. The summed E-state index contributed by atoms with van der Waals surface area (Å²) in [5.41, 5.74) is 0.593. The Labute approximate surface area is 206 Å². The van der Waals surface area contributed by atoms with E-state index in [-0.39, 0.29) is 17.6 Å². The molecule has 2 aromatic rings. The summed E-state index contributed by atoms with van der Waals surface area (Å²) >= 11 is 0. The van der Waals surface area contributed by atoms with Crippen LogP contribution in [0.2, 0.25) is 0 Å². The molecule has 2 aliphatic rings. The highest BCUT2D eigenvalue weighted by atomic mass is 16.6. The number of aryl methyl sites for hydroxylation is 1. The Hall–Kier alpha value is -2.94. The number of hydrogen-bond acceptors (Lipinski definition) is 6. The molecule has 1 aromatic heterocycles. The van der Waals surface area contributed by atoms with E-state index in [9.17, 15) is 14.4 Å². The number of hydrogen-bond donors (Lipinski definition) is 1. The van der Waals surface area contributed by atoms with Crippen LogP contribution in [-0.2, 0) is 17.7 Å². The molecule has 0 spiro atoms. The van der Waals surface area contributed by atoms with E-state index in [0.717, 1.165) is 51.0 Å². The van der Waals surface area contributed by atoms with Gasteiger partial charge in [0.15, 0.2) is 0 Å². The summed E-state index contributed by atoms with van der Waals surface area (Å²) in [7, 11) is 0. The number of amides is 2. The molecule has 2 aliphatic heterocycles. The van der Waals surface area contributed by atoms with Crippen LogP contribution in [0.25, 0.3) is 10.9 Å². The van der Waals surface area contributed by atoms with Crippen LogP contribution < -0.4 is 10.9 Å². The Morgan fingerprint density at radius 2 is 1.77 bits per heavy atom. The van der Waals surface area contributed by atoms with Crippen LogP contribution in [0.5, 0.6) is 0 Å². The number of carbonyl (C=O) groups excluding carboxylic acids is 2. The molecule has 0 bridgehead atoms. The first-order chi connectivity index (χ1) is 16.7. The maximum atomic E-state index is 13.0. The summed E-state index contributed by atoms with van der Waals surface area (Å²) < 4.78 is 7.25. The molecule has 1 fully saturated rings. The lowest BCUT2D eigenvalue weighted by molar-refractivity contribution is 0.0147. The van der Waals surface area contributed by atoms with E-state index in [1.54, 1.807) is 23.1 Å². The lowest BCUT2D eigenvalue weighted by Crippen LogP contribution is -2.51. The van der Waals surface area contributed by atoms with Gasteiger partial charge in [-0.25, -0.2) is 9.78 Å². The molecule has 4 rings (SSSR count). The highest BCUT2D eigenvalue weighted by Crippen LogP contribution is 2.17. The largest absolute Gasteiger partial charge is 0.444 e. The molecule has 1 N–H and O–H groups in total. The number of aromatic nitrogens is 2. The molecule has 35 heavy (non-hydrogen) atoms. The van der Waals surface area contributed by atoms with Crippen molar-refractivity contribution in [3.63, 3.8) is 0 Å².